The molecule has 1 heterocycles. The first-order valence-corrected chi connectivity index (χ1v) is 6.79. The molecule has 1 aliphatic heterocycles. The van der Waals surface area contributed by atoms with Crippen LogP contribution in [0.4, 0.5) is 0 Å². The molecule has 0 spiro atoms. The summed E-state index contributed by atoms with van der Waals surface area (Å²) in [7, 11) is 3.93. The molecular weight excluding hydrogens is 240 g/mol. The van der Waals surface area contributed by atoms with Gasteiger partial charge in [0.1, 0.15) is 11.9 Å². The van der Waals surface area contributed by atoms with Gasteiger partial charge in [0.25, 0.3) is 0 Å². The van der Waals surface area contributed by atoms with Gasteiger partial charge in [0.05, 0.1) is 5.60 Å². The maximum Gasteiger partial charge on any atom is 0.123 e. The van der Waals surface area contributed by atoms with E-state index in [0.717, 1.165) is 18.7 Å². The standard InChI is InChI=1S/C15H24N2O2/c1-15(18,11-17(2)3)10-16-9-13-8-12-6-4-5-7-14(12)19-13/h4-7,13,16,18H,8-11H2,1-3H3. The summed E-state index contributed by atoms with van der Waals surface area (Å²) in [6.07, 6.45) is 1.12. The predicted octanol–water partition coefficient (Wildman–Crippen LogP) is 0.892. The van der Waals surface area contributed by atoms with Crippen molar-refractivity contribution in [1.82, 2.24) is 10.2 Å². The maximum atomic E-state index is 10.2. The lowest BCUT2D eigenvalue weighted by Gasteiger charge is -2.27. The summed E-state index contributed by atoms with van der Waals surface area (Å²) in [6, 6.07) is 8.16. The Hall–Kier alpha value is -1.10. The van der Waals surface area contributed by atoms with Gasteiger partial charge in [0.15, 0.2) is 0 Å². The van der Waals surface area contributed by atoms with E-state index in [2.05, 4.69) is 11.4 Å². The van der Waals surface area contributed by atoms with E-state index in [9.17, 15) is 5.11 Å². The SMILES string of the molecule is CN(C)CC(C)(O)CNCC1Cc2ccccc2O1. The summed E-state index contributed by atoms with van der Waals surface area (Å²) in [4.78, 5) is 1.99. The van der Waals surface area contributed by atoms with Crippen LogP contribution in [-0.4, -0.2) is 55.4 Å². The number of hydrogen-bond acceptors (Lipinski definition) is 4. The van der Waals surface area contributed by atoms with E-state index in [0.29, 0.717) is 13.1 Å². The molecule has 0 saturated carbocycles. The summed E-state index contributed by atoms with van der Waals surface area (Å²) in [6.45, 7) is 3.83. The fourth-order valence-electron chi connectivity index (χ4n) is 2.61. The minimum atomic E-state index is -0.713. The Bertz CT molecular complexity index is 393. The van der Waals surface area contributed by atoms with E-state index in [1.165, 1.54) is 5.56 Å². The third-order valence-electron chi connectivity index (χ3n) is 3.25. The zero-order chi connectivity index (χ0) is 13.9. The maximum absolute atomic E-state index is 10.2. The van der Waals surface area contributed by atoms with Gasteiger partial charge in [0.2, 0.25) is 0 Å². The van der Waals surface area contributed by atoms with Gasteiger partial charge in [-0.05, 0) is 32.6 Å². The van der Waals surface area contributed by atoms with Gasteiger partial charge < -0.3 is 20.1 Å². The Morgan fingerprint density at radius 2 is 2.16 bits per heavy atom. The molecule has 2 atom stereocenters. The van der Waals surface area contributed by atoms with Gasteiger partial charge in [-0.25, -0.2) is 0 Å². The highest BCUT2D eigenvalue weighted by Gasteiger charge is 2.24. The molecule has 1 aromatic rings. The zero-order valence-electron chi connectivity index (χ0n) is 12.0. The van der Waals surface area contributed by atoms with Crippen LogP contribution >= 0.6 is 0 Å². The van der Waals surface area contributed by atoms with Crippen LogP contribution in [0, 0.1) is 0 Å². The summed E-state index contributed by atoms with van der Waals surface area (Å²) in [5, 5.41) is 13.5. The second-order valence-corrected chi connectivity index (χ2v) is 5.92. The van der Waals surface area contributed by atoms with Gasteiger partial charge in [-0.15, -0.1) is 0 Å². The third kappa shape index (κ3) is 4.20. The Kier molecular flexibility index (Phi) is 4.45. The molecule has 0 aromatic heterocycles. The predicted molar refractivity (Wildman–Crippen MR) is 76.6 cm³/mol. The number of benzene rings is 1. The van der Waals surface area contributed by atoms with Gasteiger partial charge in [0, 0.05) is 26.1 Å². The van der Waals surface area contributed by atoms with E-state index in [1.807, 2.05) is 44.1 Å². The van der Waals surface area contributed by atoms with Crippen molar-refractivity contribution >= 4 is 0 Å². The third-order valence-corrected chi connectivity index (χ3v) is 3.25. The van der Waals surface area contributed by atoms with Gasteiger partial charge in [-0.2, -0.15) is 0 Å². The Labute approximate surface area is 115 Å². The summed E-state index contributed by atoms with van der Waals surface area (Å²) in [5.41, 5.74) is 0.559. The number of likely N-dealkylation sites (N-methyl/N-ethyl adjacent to an activating group) is 1. The van der Waals surface area contributed by atoms with Gasteiger partial charge in [-0.3, -0.25) is 0 Å². The number of ether oxygens (including phenoxy) is 1. The highest BCUT2D eigenvalue weighted by Crippen LogP contribution is 2.27. The molecular formula is C15H24N2O2. The van der Waals surface area contributed by atoms with Crippen molar-refractivity contribution in [2.24, 2.45) is 0 Å². The number of nitrogens with zero attached hydrogens (tertiary/aromatic N) is 1. The van der Waals surface area contributed by atoms with Crippen LogP contribution in [0.25, 0.3) is 0 Å². The number of para-hydroxylation sites is 1. The fourth-order valence-corrected chi connectivity index (χ4v) is 2.61. The molecule has 0 radical (unpaired) electrons. The molecule has 0 saturated heterocycles. The van der Waals surface area contributed by atoms with Crippen LogP contribution in [0.3, 0.4) is 0 Å². The van der Waals surface area contributed by atoms with Crippen LogP contribution in [0.5, 0.6) is 5.75 Å². The first kappa shape index (κ1) is 14.3. The number of aliphatic hydroxyl groups is 1. The smallest absolute Gasteiger partial charge is 0.123 e. The fraction of sp³-hybridized carbons (Fsp3) is 0.600. The van der Waals surface area contributed by atoms with Crippen molar-refractivity contribution in [2.75, 3.05) is 33.7 Å². The molecule has 0 fully saturated rings. The van der Waals surface area contributed by atoms with E-state index >= 15 is 0 Å². The van der Waals surface area contributed by atoms with Gasteiger partial charge in [-0.1, -0.05) is 18.2 Å². The quantitative estimate of drug-likeness (QED) is 0.801. The van der Waals surface area contributed by atoms with E-state index in [4.69, 9.17) is 4.74 Å². The zero-order valence-corrected chi connectivity index (χ0v) is 12.0. The lowest BCUT2D eigenvalue weighted by molar-refractivity contribution is 0.0320. The molecule has 0 amide bonds. The molecule has 1 aromatic carbocycles. The topological polar surface area (TPSA) is 44.7 Å². The Balaban J connectivity index is 1.74. The van der Waals surface area contributed by atoms with Crippen LogP contribution in [0.2, 0.25) is 0 Å². The number of nitrogens with one attached hydrogen (secondary N) is 1. The molecule has 1 aliphatic rings. The normalized spacial score (nSPS) is 21.0. The number of fused-ring (bicyclic) bond motifs is 1. The first-order valence-electron chi connectivity index (χ1n) is 6.79. The molecule has 4 heteroatoms. The molecule has 0 aliphatic carbocycles. The highest BCUT2D eigenvalue weighted by molar-refractivity contribution is 5.37. The number of rotatable bonds is 6. The monoisotopic (exact) mass is 264 g/mol. The van der Waals surface area contributed by atoms with Crippen LogP contribution in [-0.2, 0) is 6.42 Å². The number of hydrogen-bond donors (Lipinski definition) is 2. The average Bonchev–Trinajstić information content (AvgIpc) is 2.69. The van der Waals surface area contributed by atoms with E-state index in [1.54, 1.807) is 0 Å². The summed E-state index contributed by atoms with van der Waals surface area (Å²) < 4.78 is 5.85. The molecule has 0 bridgehead atoms. The van der Waals surface area contributed by atoms with Crippen molar-refractivity contribution in [3.05, 3.63) is 29.8 Å². The second-order valence-electron chi connectivity index (χ2n) is 5.92. The van der Waals surface area contributed by atoms with Crippen LogP contribution in [0.1, 0.15) is 12.5 Å². The Morgan fingerprint density at radius 1 is 1.42 bits per heavy atom. The summed E-state index contributed by atoms with van der Waals surface area (Å²) >= 11 is 0. The highest BCUT2D eigenvalue weighted by atomic mass is 16.5. The molecule has 4 nitrogen and oxygen atoms in total. The van der Waals surface area contributed by atoms with Crippen molar-refractivity contribution in [3.8, 4) is 5.75 Å². The molecule has 2 rings (SSSR count). The minimum Gasteiger partial charge on any atom is -0.488 e. The first-order chi connectivity index (χ1) is 8.96. The largest absolute Gasteiger partial charge is 0.488 e. The lowest BCUT2D eigenvalue weighted by atomic mass is 10.1. The van der Waals surface area contributed by atoms with Crippen molar-refractivity contribution in [3.63, 3.8) is 0 Å². The van der Waals surface area contributed by atoms with E-state index < -0.39 is 5.60 Å². The molecule has 2 unspecified atom stereocenters. The molecule has 19 heavy (non-hydrogen) atoms. The van der Waals surface area contributed by atoms with Crippen molar-refractivity contribution < 1.29 is 9.84 Å². The average molecular weight is 264 g/mol. The van der Waals surface area contributed by atoms with Crippen LogP contribution < -0.4 is 10.1 Å². The molecule has 2 N–H and O–H groups in total. The molecule has 106 valence electrons. The Morgan fingerprint density at radius 3 is 2.84 bits per heavy atom. The van der Waals surface area contributed by atoms with Gasteiger partial charge >= 0.3 is 0 Å². The van der Waals surface area contributed by atoms with Crippen molar-refractivity contribution in [2.45, 2.75) is 25.0 Å². The van der Waals surface area contributed by atoms with E-state index in [-0.39, 0.29) is 6.10 Å². The lowest BCUT2D eigenvalue weighted by Crippen LogP contribution is -2.47. The second kappa shape index (κ2) is 5.90. The minimum absolute atomic E-state index is 0.174. The van der Waals surface area contributed by atoms with Crippen molar-refractivity contribution in [1.29, 1.82) is 0 Å². The van der Waals surface area contributed by atoms with Crippen LogP contribution in [0.15, 0.2) is 24.3 Å². The summed E-state index contributed by atoms with van der Waals surface area (Å²) in [5.74, 6) is 0.995.